The summed E-state index contributed by atoms with van der Waals surface area (Å²) in [4.78, 5) is 6.71. The van der Waals surface area contributed by atoms with Gasteiger partial charge in [0.05, 0.1) is 33.0 Å². The van der Waals surface area contributed by atoms with E-state index in [1.54, 1.807) is 0 Å². The smallest absolute Gasteiger partial charge is 0.0701 e. The molecule has 0 aromatic heterocycles. The van der Waals surface area contributed by atoms with Crippen LogP contribution in [-0.2, 0) is 9.47 Å². The number of hydrogen-bond donors (Lipinski definition) is 2. The molecule has 0 amide bonds. The van der Waals surface area contributed by atoms with Gasteiger partial charge < -0.3 is 20.1 Å². The van der Waals surface area contributed by atoms with Crippen LogP contribution < -0.4 is 10.6 Å². The van der Waals surface area contributed by atoms with Crippen LogP contribution in [0.1, 0.15) is 6.92 Å². The zero-order valence-electron chi connectivity index (χ0n) is 12.8. The normalized spacial score (nSPS) is 22.9. The van der Waals surface area contributed by atoms with Crippen molar-refractivity contribution in [2.45, 2.75) is 6.92 Å². The first kappa shape index (κ1) is 17.5. The minimum atomic E-state index is 0.658. The van der Waals surface area contributed by atoms with Gasteiger partial charge in [-0.05, 0) is 6.54 Å². The third-order valence-corrected chi connectivity index (χ3v) is 3.11. The largest absolute Gasteiger partial charge is 0.378 e. The highest BCUT2D eigenvalue weighted by Crippen LogP contribution is 1.89. The molecule has 0 aromatic carbocycles. The molecular formula is C14H30N4O2. The van der Waals surface area contributed by atoms with Crippen molar-refractivity contribution in [1.82, 2.24) is 15.5 Å². The van der Waals surface area contributed by atoms with Gasteiger partial charge in [0, 0.05) is 45.5 Å². The minimum Gasteiger partial charge on any atom is -0.378 e. The summed E-state index contributed by atoms with van der Waals surface area (Å²) in [5.41, 5.74) is 0. The van der Waals surface area contributed by atoms with Gasteiger partial charge in [-0.25, -0.2) is 0 Å². The molecule has 1 aliphatic rings. The fraction of sp³-hybridized carbons (Fsp3) is 0.929. The Morgan fingerprint density at radius 2 is 2.05 bits per heavy atom. The van der Waals surface area contributed by atoms with Gasteiger partial charge in [0.1, 0.15) is 0 Å². The van der Waals surface area contributed by atoms with Crippen molar-refractivity contribution < 1.29 is 9.47 Å². The number of hydrogen-bond acceptors (Lipinski definition) is 6. The first-order valence-corrected chi connectivity index (χ1v) is 7.71. The molecule has 0 radical (unpaired) electrons. The lowest BCUT2D eigenvalue weighted by Gasteiger charge is -2.22. The van der Waals surface area contributed by atoms with Gasteiger partial charge in [-0.2, -0.15) is 0 Å². The molecule has 6 heteroatoms. The summed E-state index contributed by atoms with van der Waals surface area (Å²) in [6.07, 6.45) is 1.93. The molecule has 2 N–H and O–H groups in total. The van der Waals surface area contributed by atoms with Crippen molar-refractivity contribution >= 4 is 6.21 Å². The molecule has 0 aliphatic carbocycles. The summed E-state index contributed by atoms with van der Waals surface area (Å²) in [5.74, 6) is 0. The molecule has 0 spiro atoms. The fourth-order valence-corrected chi connectivity index (χ4v) is 1.94. The average molecular weight is 286 g/mol. The summed E-state index contributed by atoms with van der Waals surface area (Å²) in [7, 11) is 0. The Kier molecular flexibility index (Phi) is 11.8. The lowest BCUT2D eigenvalue weighted by Crippen LogP contribution is -2.39. The molecule has 0 saturated carbocycles. The summed E-state index contributed by atoms with van der Waals surface area (Å²) in [5, 5.41) is 6.75. The molecule has 0 saturated heterocycles. The Morgan fingerprint density at radius 1 is 1.20 bits per heavy atom. The molecule has 0 atom stereocenters. The van der Waals surface area contributed by atoms with Crippen LogP contribution in [0.3, 0.4) is 0 Å². The Hall–Kier alpha value is -0.530. The quantitative estimate of drug-likeness (QED) is 0.689. The second-order valence-corrected chi connectivity index (χ2v) is 4.71. The van der Waals surface area contributed by atoms with Gasteiger partial charge in [-0.3, -0.25) is 9.89 Å². The van der Waals surface area contributed by atoms with Crippen LogP contribution in [0.15, 0.2) is 4.99 Å². The third-order valence-electron chi connectivity index (χ3n) is 3.11. The second kappa shape index (κ2) is 13.5. The van der Waals surface area contributed by atoms with Crippen LogP contribution >= 0.6 is 0 Å². The molecule has 118 valence electrons. The molecule has 20 heavy (non-hydrogen) atoms. The van der Waals surface area contributed by atoms with E-state index in [0.29, 0.717) is 19.8 Å². The summed E-state index contributed by atoms with van der Waals surface area (Å²) in [6, 6.07) is 0. The minimum absolute atomic E-state index is 0.658. The van der Waals surface area contributed by atoms with Crippen LogP contribution in [-0.4, -0.2) is 89.9 Å². The summed E-state index contributed by atoms with van der Waals surface area (Å²) in [6.45, 7) is 12.6. The van der Waals surface area contributed by atoms with Crippen LogP contribution in [0, 0.1) is 0 Å². The molecule has 1 rings (SSSR count). The average Bonchev–Trinajstić information content (AvgIpc) is 2.47. The number of likely N-dealkylation sites (N-methyl/N-ethyl adjacent to an activating group) is 1. The highest BCUT2D eigenvalue weighted by molar-refractivity contribution is 5.59. The SMILES string of the molecule is CCNCCN1CCNC/C=N/CCOCCOCC1. The molecule has 1 heterocycles. The van der Waals surface area contributed by atoms with Crippen LogP contribution in [0.25, 0.3) is 0 Å². The van der Waals surface area contributed by atoms with Crippen molar-refractivity contribution in [2.24, 2.45) is 4.99 Å². The number of ether oxygens (including phenoxy) is 2. The highest BCUT2D eigenvalue weighted by atomic mass is 16.5. The van der Waals surface area contributed by atoms with Gasteiger partial charge in [0.15, 0.2) is 0 Å². The van der Waals surface area contributed by atoms with Gasteiger partial charge in [-0.1, -0.05) is 6.92 Å². The van der Waals surface area contributed by atoms with E-state index in [-0.39, 0.29) is 0 Å². The van der Waals surface area contributed by atoms with Gasteiger partial charge >= 0.3 is 0 Å². The van der Waals surface area contributed by atoms with E-state index in [1.165, 1.54) is 0 Å². The molecule has 0 fully saturated rings. The van der Waals surface area contributed by atoms with Crippen LogP contribution in [0.4, 0.5) is 0 Å². The number of nitrogens with zero attached hydrogens (tertiary/aromatic N) is 2. The molecular weight excluding hydrogens is 256 g/mol. The van der Waals surface area contributed by atoms with E-state index in [2.05, 4.69) is 27.4 Å². The third kappa shape index (κ3) is 10.3. The standard InChI is InChI=1S/C14H30N4O2/c1-2-15-5-8-18-9-6-16-3-4-17-7-11-19-13-14-20-12-10-18/h4,15-16H,2-3,5-14H2,1H3/b17-4+. The Labute approximate surface area is 122 Å². The van der Waals surface area contributed by atoms with E-state index < -0.39 is 0 Å². The van der Waals surface area contributed by atoms with Crippen molar-refractivity contribution in [3.8, 4) is 0 Å². The molecule has 0 bridgehead atoms. The van der Waals surface area contributed by atoms with Gasteiger partial charge in [0.25, 0.3) is 0 Å². The lowest BCUT2D eigenvalue weighted by molar-refractivity contribution is 0.0415. The predicted octanol–water partition coefficient (Wildman–Crippen LogP) is -0.395. The fourth-order valence-electron chi connectivity index (χ4n) is 1.94. The Balaban J connectivity index is 2.25. The van der Waals surface area contributed by atoms with Crippen LogP contribution in [0.2, 0.25) is 0 Å². The van der Waals surface area contributed by atoms with Crippen molar-refractivity contribution in [3.63, 3.8) is 0 Å². The maximum Gasteiger partial charge on any atom is 0.0701 e. The Bertz CT molecular complexity index is 239. The summed E-state index contributed by atoms with van der Waals surface area (Å²) < 4.78 is 11.0. The molecule has 0 unspecified atom stereocenters. The van der Waals surface area contributed by atoms with Crippen molar-refractivity contribution in [2.75, 3.05) is 78.8 Å². The first-order chi connectivity index (χ1) is 9.93. The lowest BCUT2D eigenvalue weighted by atomic mass is 10.4. The first-order valence-electron chi connectivity index (χ1n) is 7.71. The Morgan fingerprint density at radius 3 is 2.90 bits per heavy atom. The number of nitrogens with one attached hydrogen (secondary N) is 2. The maximum atomic E-state index is 5.60. The van der Waals surface area contributed by atoms with Gasteiger partial charge in [-0.15, -0.1) is 0 Å². The van der Waals surface area contributed by atoms with Crippen molar-refractivity contribution in [3.05, 3.63) is 0 Å². The predicted molar refractivity (Wildman–Crippen MR) is 82.9 cm³/mol. The zero-order chi connectivity index (χ0) is 14.3. The molecule has 1 aliphatic heterocycles. The summed E-state index contributed by atoms with van der Waals surface area (Å²) >= 11 is 0. The highest BCUT2D eigenvalue weighted by Gasteiger charge is 2.04. The van der Waals surface area contributed by atoms with E-state index in [9.17, 15) is 0 Å². The number of aliphatic imine (C=N–C) groups is 1. The van der Waals surface area contributed by atoms with Crippen molar-refractivity contribution in [1.29, 1.82) is 0 Å². The van der Waals surface area contributed by atoms with Gasteiger partial charge in [0.2, 0.25) is 0 Å². The maximum absolute atomic E-state index is 5.60. The van der Waals surface area contributed by atoms with Crippen LogP contribution in [0.5, 0.6) is 0 Å². The van der Waals surface area contributed by atoms with E-state index >= 15 is 0 Å². The van der Waals surface area contributed by atoms with E-state index in [1.807, 2.05) is 6.21 Å². The zero-order valence-corrected chi connectivity index (χ0v) is 12.8. The molecule has 0 aromatic rings. The monoisotopic (exact) mass is 286 g/mol. The van der Waals surface area contributed by atoms with E-state index in [0.717, 1.165) is 59.0 Å². The topological polar surface area (TPSA) is 58.1 Å². The number of rotatable bonds is 4. The second-order valence-electron chi connectivity index (χ2n) is 4.71. The molecule has 6 nitrogen and oxygen atoms in total. The van der Waals surface area contributed by atoms with E-state index in [4.69, 9.17) is 9.47 Å².